The molecule has 4 aliphatic carbocycles. The molecule has 0 saturated heterocycles. The number of carbonyl (C=O) groups is 1. The summed E-state index contributed by atoms with van der Waals surface area (Å²) >= 11 is 0. The van der Waals surface area contributed by atoms with Gasteiger partial charge in [0.15, 0.2) is 5.78 Å². The monoisotopic (exact) mass is 358 g/mol. The van der Waals surface area contributed by atoms with Crippen LogP contribution >= 0.6 is 0 Å². The number of hydrogen-bond acceptors (Lipinski definition) is 2. The van der Waals surface area contributed by atoms with E-state index in [2.05, 4.69) is 34.3 Å². The first-order valence-corrected chi connectivity index (χ1v) is 11.1. The van der Waals surface area contributed by atoms with Crippen molar-refractivity contribution in [1.82, 2.24) is 0 Å². The van der Waals surface area contributed by atoms with Gasteiger partial charge in [0.1, 0.15) is 6.10 Å². The average Bonchev–Trinajstić information content (AvgIpc) is 2.81. The molecule has 4 fully saturated rings. The number of Topliss-reactive ketones (excluding diaryl/α,β-unsaturated/α-hetero) is 1. The predicted octanol–water partition coefficient (Wildman–Crippen LogP) is 5.25. The van der Waals surface area contributed by atoms with E-state index < -0.39 is 6.10 Å². The van der Waals surface area contributed by atoms with Crippen LogP contribution in [0.25, 0.3) is 0 Å². The van der Waals surface area contributed by atoms with Crippen molar-refractivity contribution in [2.75, 3.05) is 0 Å². The second-order valence-electron chi connectivity index (χ2n) is 10.9. The summed E-state index contributed by atoms with van der Waals surface area (Å²) in [5, 5.41) is 11.1. The summed E-state index contributed by atoms with van der Waals surface area (Å²) in [5.74, 6) is 3.35. The minimum absolute atomic E-state index is 0.0437. The van der Waals surface area contributed by atoms with Crippen molar-refractivity contribution in [3.63, 3.8) is 0 Å². The Kier molecular flexibility index (Phi) is 4.46. The first-order chi connectivity index (χ1) is 12.2. The van der Waals surface area contributed by atoms with Crippen LogP contribution in [0.1, 0.15) is 72.6 Å². The Morgan fingerprint density at radius 2 is 1.85 bits per heavy atom. The summed E-state index contributed by atoms with van der Waals surface area (Å²) in [6.07, 6.45) is 10.1. The molecule has 0 heterocycles. The van der Waals surface area contributed by atoms with Crippen LogP contribution in [-0.4, -0.2) is 17.0 Å². The third-order valence-corrected chi connectivity index (χ3v) is 9.77. The Morgan fingerprint density at radius 3 is 2.54 bits per heavy atom. The van der Waals surface area contributed by atoms with Crippen LogP contribution < -0.4 is 0 Å². The van der Waals surface area contributed by atoms with E-state index in [1.807, 2.05) is 6.08 Å². The second-order valence-corrected chi connectivity index (χ2v) is 10.9. The fourth-order valence-electron chi connectivity index (χ4n) is 8.39. The minimum atomic E-state index is -0.747. The van der Waals surface area contributed by atoms with Crippen LogP contribution in [0.5, 0.6) is 0 Å². The zero-order valence-corrected chi connectivity index (χ0v) is 17.2. The van der Waals surface area contributed by atoms with Crippen molar-refractivity contribution in [3.05, 3.63) is 12.7 Å². The predicted molar refractivity (Wildman–Crippen MR) is 106 cm³/mol. The van der Waals surface area contributed by atoms with Gasteiger partial charge in [-0.3, -0.25) is 4.79 Å². The highest BCUT2D eigenvalue weighted by atomic mass is 16.3. The molecular weight excluding hydrogens is 320 g/mol. The molecule has 1 N–H and O–H groups in total. The van der Waals surface area contributed by atoms with E-state index in [0.29, 0.717) is 17.3 Å². The smallest absolute Gasteiger partial charge is 0.165 e. The van der Waals surface area contributed by atoms with E-state index in [4.69, 9.17) is 0 Å². The maximum Gasteiger partial charge on any atom is 0.165 e. The molecule has 0 bridgehead atoms. The molecule has 2 unspecified atom stereocenters. The Balaban J connectivity index is 1.68. The molecule has 26 heavy (non-hydrogen) atoms. The SMILES string of the molecule is C=C[C@@H](C)[C@H]1C(=O)C(O)[C@H]2[C@@H]3CCC4C[C@@H](C)CC[C@]4(C)[C@H]3CC[C@]12C. The first-order valence-electron chi connectivity index (χ1n) is 11.1. The molecule has 4 aliphatic rings. The quantitative estimate of drug-likeness (QED) is 0.684. The number of ketones is 1. The molecular formula is C24H38O2. The van der Waals surface area contributed by atoms with Crippen molar-refractivity contribution >= 4 is 5.78 Å². The van der Waals surface area contributed by atoms with E-state index in [1.165, 1.54) is 38.5 Å². The highest BCUT2D eigenvalue weighted by molar-refractivity contribution is 5.89. The molecule has 4 rings (SSSR count). The molecule has 4 saturated carbocycles. The first kappa shape index (κ1) is 18.7. The number of rotatable bonds is 2. The number of carbonyl (C=O) groups excluding carboxylic acids is 1. The summed E-state index contributed by atoms with van der Waals surface area (Å²) in [6.45, 7) is 13.3. The summed E-state index contributed by atoms with van der Waals surface area (Å²) in [7, 11) is 0. The maximum atomic E-state index is 13.1. The van der Waals surface area contributed by atoms with Crippen molar-refractivity contribution < 1.29 is 9.90 Å². The lowest BCUT2D eigenvalue weighted by molar-refractivity contribution is -0.137. The van der Waals surface area contributed by atoms with Gasteiger partial charge in [0.05, 0.1) is 0 Å². The standard InChI is InChI=1S/C24H38O2/c1-6-15(3)19-21(25)22(26)20-17-8-7-16-13-14(2)9-11-23(16,4)18(17)10-12-24(19,20)5/h6,14-20,22,26H,1,7-13H2,2-5H3/t14-,15+,16?,17+,18-,19-,20+,22?,23-,24+/m0/s1. The van der Waals surface area contributed by atoms with Crippen molar-refractivity contribution in [2.45, 2.75) is 78.7 Å². The molecule has 0 spiro atoms. The van der Waals surface area contributed by atoms with Gasteiger partial charge in [0, 0.05) is 11.8 Å². The largest absolute Gasteiger partial charge is 0.385 e. The van der Waals surface area contributed by atoms with E-state index in [0.717, 1.165) is 18.3 Å². The highest BCUT2D eigenvalue weighted by Gasteiger charge is 2.65. The molecule has 0 aromatic carbocycles. The second kappa shape index (κ2) is 6.19. The summed E-state index contributed by atoms with van der Waals surface area (Å²) in [6, 6.07) is 0. The molecule has 2 heteroatoms. The van der Waals surface area contributed by atoms with E-state index >= 15 is 0 Å². The minimum Gasteiger partial charge on any atom is -0.385 e. The van der Waals surface area contributed by atoms with Crippen LogP contribution in [0.4, 0.5) is 0 Å². The third kappa shape index (κ3) is 2.36. The van der Waals surface area contributed by atoms with Crippen LogP contribution in [-0.2, 0) is 4.79 Å². The van der Waals surface area contributed by atoms with E-state index in [-0.39, 0.29) is 29.0 Å². The van der Waals surface area contributed by atoms with E-state index in [1.54, 1.807) is 0 Å². The van der Waals surface area contributed by atoms with Gasteiger partial charge in [-0.25, -0.2) is 0 Å². The van der Waals surface area contributed by atoms with Crippen LogP contribution in [0.3, 0.4) is 0 Å². The van der Waals surface area contributed by atoms with Crippen molar-refractivity contribution in [1.29, 1.82) is 0 Å². The molecule has 0 aliphatic heterocycles. The highest BCUT2D eigenvalue weighted by Crippen LogP contribution is 2.67. The van der Waals surface area contributed by atoms with E-state index in [9.17, 15) is 9.90 Å². The van der Waals surface area contributed by atoms with Crippen LogP contribution in [0.15, 0.2) is 12.7 Å². The fraction of sp³-hybridized carbons (Fsp3) is 0.875. The Bertz CT molecular complexity index is 597. The Labute approximate surface area is 159 Å². The molecule has 0 aromatic heterocycles. The van der Waals surface area contributed by atoms with Gasteiger partial charge in [0.25, 0.3) is 0 Å². The zero-order valence-electron chi connectivity index (χ0n) is 17.2. The molecule has 0 radical (unpaired) electrons. The number of aliphatic hydroxyl groups excluding tert-OH is 1. The Hall–Kier alpha value is -0.630. The number of allylic oxidation sites excluding steroid dienone is 1. The summed E-state index contributed by atoms with van der Waals surface area (Å²) in [4.78, 5) is 13.1. The molecule has 2 nitrogen and oxygen atoms in total. The third-order valence-electron chi connectivity index (χ3n) is 9.77. The van der Waals surface area contributed by atoms with Crippen molar-refractivity contribution in [3.8, 4) is 0 Å². The zero-order chi connectivity index (χ0) is 18.9. The lowest BCUT2D eigenvalue weighted by atomic mass is 9.44. The van der Waals surface area contributed by atoms with Gasteiger partial charge in [-0.05, 0) is 78.9 Å². The topological polar surface area (TPSA) is 37.3 Å². The van der Waals surface area contributed by atoms with Gasteiger partial charge in [-0.2, -0.15) is 0 Å². The van der Waals surface area contributed by atoms with Gasteiger partial charge in [-0.15, -0.1) is 6.58 Å². The lowest BCUT2D eigenvalue weighted by Crippen LogP contribution is -2.55. The lowest BCUT2D eigenvalue weighted by Gasteiger charge is -2.61. The summed E-state index contributed by atoms with van der Waals surface area (Å²) in [5.41, 5.74) is 0.387. The van der Waals surface area contributed by atoms with Crippen LogP contribution in [0, 0.1) is 52.3 Å². The van der Waals surface area contributed by atoms with Gasteiger partial charge in [-0.1, -0.05) is 40.2 Å². The maximum absolute atomic E-state index is 13.1. The molecule has 0 amide bonds. The van der Waals surface area contributed by atoms with Gasteiger partial charge < -0.3 is 5.11 Å². The Morgan fingerprint density at radius 1 is 1.15 bits per heavy atom. The number of hydrogen-bond donors (Lipinski definition) is 1. The fourth-order valence-corrected chi connectivity index (χ4v) is 8.39. The van der Waals surface area contributed by atoms with Crippen LogP contribution in [0.2, 0.25) is 0 Å². The molecule has 0 aromatic rings. The van der Waals surface area contributed by atoms with Crippen molar-refractivity contribution in [2.24, 2.45) is 52.3 Å². The van der Waals surface area contributed by atoms with Gasteiger partial charge >= 0.3 is 0 Å². The molecule has 10 atom stereocenters. The molecule has 146 valence electrons. The number of aliphatic hydroxyl groups is 1. The van der Waals surface area contributed by atoms with Gasteiger partial charge in [0.2, 0.25) is 0 Å². The average molecular weight is 359 g/mol. The number of fused-ring (bicyclic) bond motifs is 5. The summed E-state index contributed by atoms with van der Waals surface area (Å²) < 4.78 is 0. The normalized spacial score (nSPS) is 54.8.